The standard InChI is InChI=1S/C17H28N4O2/c1-12(2)14-19-20-15(23-14)13(3)18-16(22)17(8-4-5-9-17)21-10-6-7-11-21/h12-13H,4-11H2,1-3H3,(H,18,22). The van der Waals surface area contributed by atoms with Crippen LogP contribution >= 0.6 is 0 Å². The first-order valence-corrected chi connectivity index (χ1v) is 8.92. The fraction of sp³-hybridized carbons (Fsp3) is 0.824. The topological polar surface area (TPSA) is 71.3 Å². The van der Waals surface area contributed by atoms with Gasteiger partial charge in [0.1, 0.15) is 11.6 Å². The lowest BCUT2D eigenvalue weighted by molar-refractivity contribution is -0.133. The van der Waals surface area contributed by atoms with E-state index in [1.807, 2.05) is 20.8 Å². The second-order valence-corrected chi connectivity index (χ2v) is 7.26. The Morgan fingerprint density at radius 1 is 1.09 bits per heavy atom. The maximum Gasteiger partial charge on any atom is 0.241 e. The quantitative estimate of drug-likeness (QED) is 0.903. The van der Waals surface area contributed by atoms with Gasteiger partial charge in [0.05, 0.1) is 0 Å². The molecular formula is C17H28N4O2. The summed E-state index contributed by atoms with van der Waals surface area (Å²) >= 11 is 0. The van der Waals surface area contributed by atoms with E-state index in [2.05, 4.69) is 20.4 Å². The minimum absolute atomic E-state index is 0.133. The first-order valence-electron chi connectivity index (χ1n) is 8.92. The number of amides is 1. The van der Waals surface area contributed by atoms with Gasteiger partial charge in [-0.2, -0.15) is 0 Å². The summed E-state index contributed by atoms with van der Waals surface area (Å²) in [4.78, 5) is 15.4. The van der Waals surface area contributed by atoms with Crippen LogP contribution in [0, 0.1) is 0 Å². The molecule has 1 saturated heterocycles. The van der Waals surface area contributed by atoms with E-state index in [0.717, 1.165) is 38.8 Å². The van der Waals surface area contributed by atoms with Crippen molar-refractivity contribution in [3.8, 4) is 0 Å². The molecule has 3 rings (SSSR count). The van der Waals surface area contributed by atoms with E-state index in [4.69, 9.17) is 4.42 Å². The number of nitrogens with one attached hydrogen (secondary N) is 1. The molecule has 6 nitrogen and oxygen atoms in total. The molecule has 128 valence electrons. The molecule has 0 aromatic carbocycles. The number of nitrogens with zero attached hydrogens (tertiary/aromatic N) is 3. The van der Waals surface area contributed by atoms with Crippen LogP contribution in [0.25, 0.3) is 0 Å². The zero-order chi connectivity index (χ0) is 16.4. The van der Waals surface area contributed by atoms with Gasteiger partial charge in [0.15, 0.2) is 0 Å². The number of hydrogen-bond donors (Lipinski definition) is 1. The van der Waals surface area contributed by atoms with Crippen molar-refractivity contribution in [1.82, 2.24) is 20.4 Å². The van der Waals surface area contributed by atoms with E-state index in [0.29, 0.717) is 11.8 Å². The first kappa shape index (κ1) is 16.4. The van der Waals surface area contributed by atoms with E-state index in [1.165, 1.54) is 12.8 Å². The third-order valence-electron chi connectivity index (χ3n) is 5.23. The molecule has 1 aromatic heterocycles. The summed E-state index contributed by atoms with van der Waals surface area (Å²) in [5.41, 5.74) is -0.314. The largest absolute Gasteiger partial charge is 0.423 e. The number of hydrogen-bond acceptors (Lipinski definition) is 5. The number of aromatic nitrogens is 2. The summed E-state index contributed by atoms with van der Waals surface area (Å²) in [7, 11) is 0. The first-order chi connectivity index (χ1) is 11.0. The second kappa shape index (κ2) is 6.59. The van der Waals surface area contributed by atoms with Gasteiger partial charge in [-0.05, 0) is 45.7 Å². The lowest BCUT2D eigenvalue weighted by Crippen LogP contribution is -2.56. The van der Waals surface area contributed by atoms with Crippen LogP contribution in [0.4, 0.5) is 0 Å². The van der Waals surface area contributed by atoms with E-state index in [9.17, 15) is 4.79 Å². The van der Waals surface area contributed by atoms with Crippen LogP contribution in [-0.2, 0) is 4.79 Å². The highest BCUT2D eigenvalue weighted by molar-refractivity contribution is 5.87. The van der Waals surface area contributed by atoms with Gasteiger partial charge >= 0.3 is 0 Å². The molecule has 6 heteroatoms. The van der Waals surface area contributed by atoms with Crippen molar-refractivity contribution in [2.24, 2.45) is 0 Å². The van der Waals surface area contributed by atoms with Crippen LogP contribution in [0.1, 0.15) is 83.0 Å². The highest BCUT2D eigenvalue weighted by atomic mass is 16.4. The molecule has 1 amide bonds. The van der Waals surface area contributed by atoms with E-state index < -0.39 is 0 Å². The highest BCUT2D eigenvalue weighted by Crippen LogP contribution is 2.38. The molecule has 2 heterocycles. The summed E-state index contributed by atoms with van der Waals surface area (Å²) in [6.07, 6.45) is 6.60. The van der Waals surface area contributed by atoms with Gasteiger partial charge in [-0.15, -0.1) is 10.2 Å². The molecule has 2 fully saturated rings. The van der Waals surface area contributed by atoms with E-state index in [1.54, 1.807) is 0 Å². The predicted octanol–water partition coefficient (Wildman–Crippen LogP) is 2.78. The Hall–Kier alpha value is -1.43. The molecule has 1 aliphatic carbocycles. The summed E-state index contributed by atoms with van der Waals surface area (Å²) in [5, 5.41) is 11.3. The van der Waals surface area contributed by atoms with Gasteiger partial charge in [-0.25, -0.2) is 0 Å². The SMILES string of the molecule is CC(C)c1nnc(C(C)NC(=O)C2(N3CCCC3)CCCC2)o1. The van der Waals surface area contributed by atoms with E-state index in [-0.39, 0.29) is 23.4 Å². The van der Waals surface area contributed by atoms with Crippen molar-refractivity contribution >= 4 is 5.91 Å². The average Bonchev–Trinajstić information content (AvgIpc) is 3.26. The zero-order valence-corrected chi connectivity index (χ0v) is 14.5. The van der Waals surface area contributed by atoms with Crippen LogP contribution in [-0.4, -0.2) is 39.6 Å². The van der Waals surface area contributed by atoms with Crippen LogP contribution in [0.2, 0.25) is 0 Å². The van der Waals surface area contributed by atoms with Crippen molar-refractivity contribution in [1.29, 1.82) is 0 Å². The van der Waals surface area contributed by atoms with Crippen LogP contribution in [0.5, 0.6) is 0 Å². The van der Waals surface area contributed by atoms with Crippen molar-refractivity contribution in [3.05, 3.63) is 11.8 Å². The van der Waals surface area contributed by atoms with Gasteiger partial charge < -0.3 is 9.73 Å². The van der Waals surface area contributed by atoms with Crippen LogP contribution < -0.4 is 5.32 Å². The van der Waals surface area contributed by atoms with Crippen LogP contribution in [0.3, 0.4) is 0 Å². The summed E-state index contributed by atoms with van der Waals surface area (Å²) < 4.78 is 5.68. The Balaban J connectivity index is 1.70. The fourth-order valence-corrected chi connectivity index (χ4v) is 3.84. The lowest BCUT2D eigenvalue weighted by Gasteiger charge is -2.37. The highest BCUT2D eigenvalue weighted by Gasteiger charge is 2.47. The minimum atomic E-state index is -0.314. The predicted molar refractivity (Wildman–Crippen MR) is 87.0 cm³/mol. The third kappa shape index (κ3) is 3.13. The molecule has 0 bridgehead atoms. The Morgan fingerprint density at radius 3 is 2.26 bits per heavy atom. The fourth-order valence-electron chi connectivity index (χ4n) is 3.84. The van der Waals surface area contributed by atoms with E-state index >= 15 is 0 Å². The molecule has 1 saturated carbocycles. The molecule has 23 heavy (non-hydrogen) atoms. The summed E-state index contributed by atoms with van der Waals surface area (Å²) in [5.74, 6) is 1.45. The Labute approximate surface area is 138 Å². The Kier molecular flexibility index (Phi) is 4.71. The molecule has 0 spiro atoms. The lowest BCUT2D eigenvalue weighted by atomic mass is 9.93. The Morgan fingerprint density at radius 2 is 1.70 bits per heavy atom. The Bertz CT molecular complexity index is 543. The maximum absolute atomic E-state index is 13.0. The smallest absolute Gasteiger partial charge is 0.241 e. The third-order valence-corrected chi connectivity index (χ3v) is 5.23. The average molecular weight is 320 g/mol. The summed E-state index contributed by atoms with van der Waals surface area (Å²) in [6.45, 7) is 8.03. The monoisotopic (exact) mass is 320 g/mol. The minimum Gasteiger partial charge on any atom is -0.423 e. The van der Waals surface area contributed by atoms with Crippen LogP contribution in [0.15, 0.2) is 4.42 Å². The summed E-state index contributed by atoms with van der Waals surface area (Å²) in [6, 6.07) is -0.248. The zero-order valence-electron chi connectivity index (χ0n) is 14.5. The molecule has 1 aromatic rings. The van der Waals surface area contributed by atoms with Gasteiger partial charge in [0, 0.05) is 5.92 Å². The van der Waals surface area contributed by atoms with Gasteiger partial charge in [0.25, 0.3) is 0 Å². The van der Waals surface area contributed by atoms with Gasteiger partial charge in [-0.1, -0.05) is 26.7 Å². The molecule has 1 aliphatic heterocycles. The molecule has 1 atom stereocenters. The molecule has 0 radical (unpaired) electrons. The number of rotatable bonds is 5. The number of carbonyl (C=O) groups excluding carboxylic acids is 1. The van der Waals surface area contributed by atoms with Gasteiger partial charge in [-0.3, -0.25) is 9.69 Å². The molecular weight excluding hydrogens is 292 g/mol. The normalized spacial score (nSPS) is 22.6. The maximum atomic E-state index is 13.0. The number of carbonyl (C=O) groups is 1. The van der Waals surface area contributed by atoms with Crippen molar-refractivity contribution < 1.29 is 9.21 Å². The number of likely N-dealkylation sites (tertiary alicyclic amines) is 1. The molecule has 1 unspecified atom stereocenters. The van der Waals surface area contributed by atoms with Crippen molar-refractivity contribution in [3.63, 3.8) is 0 Å². The molecule has 2 aliphatic rings. The van der Waals surface area contributed by atoms with Crippen molar-refractivity contribution in [2.75, 3.05) is 13.1 Å². The van der Waals surface area contributed by atoms with Crippen molar-refractivity contribution in [2.45, 2.75) is 76.8 Å². The van der Waals surface area contributed by atoms with Gasteiger partial charge in [0.2, 0.25) is 17.7 Å². The second-order valence-electron chi connectivity index (χ2n) is 7.26. The molecule has 1 N–H and O–H groups in total.